The summed E-state index contributed by atoms with van der Waals surface area (Å²) in [6, 6.07) is 10.4. The average Bonchev–Trinajstić information content (AvgIpc) is 2.92. The highest BCUT2D eigenvalue weighted by Gasteiger charge is 2.43. The molecule has 0 unspecified atom stereocenters. The van der Waals surface area contributed by atoms with E-state index in [1.165, 1.54) is 0 Å². The van der Waals surface area contributed by atoms with E-state index in [0.29, 0.717) is 35.4 Å². The first-order valence-electron chi connectivity index (χ1n) is 13.5. The van der Waals surface area contributed by atoms with Gasteiger partial charge in [-0.3, -0.25) is 9.59 Å². The zero-order valence-corrected chi connectivity index (χ0v) is 23.8. The van der Waals surface area contributed by atoms with Gasteiger partial charge in [0.05, 0.1) is 16.6 Å². The number of hydrogen-bond acceptors (Lipinski definition) is 6. The fourth-order valence-electron chi connectivity index (χ4n) is 5.99. The van der Waals surface area contributed by atoms with E-state index in [4.69, 9.17) is 14.6 Å². The lowest BCUT2D eigenvalue weighted by molar-refractivity contribution is -0.117. The highest BCUT2D eigenvalue weighted by atomic mass is 79.9. The van der Waals surface area contributed by atoms with E-state index in [1.54, 1.807) is 24.3 Å². The first-order valence-corrected chi connectivity index (χ1v) is 14.3. The van der Waals surface area contributed by atoms with Crippen LogP contribution < -0.4 is 9.47 Å². The number of halogens is 1. The number of carbonyl (C=O) groups is 3. The van der Waals surface area contributed by atoms with Crippen LogP contribution in [0.2, 0.25) is 0 Å². The number of allylic oxidation sites excluding steroid dienone is 4. The molecule has 39 heavy (non-hydrogen) atoms. The topological polar surface area (TPSA) is 93.1 Å². The lowest BCUT2D eigenvalue weighted by Gasteiger charge is -2.43. The monoisotopic (exact) mass is 593 g/mol. The summed E-state index contributed by atoms with van der Waals surface area (Å²) >= 11 is 3.68. The van der Waals surface area contributed by atoms with Crippen molar-refractivity contribution in [3.8, 4) is 11.5 Å². The quantitative estimate of drug-likeness (QED) is 0.370. The summed E-state index contributed by atoms with van der Waals surface area (Å²) in [6.07, 6.45) is 4.29. The molecule has 5 rings (SSSR count). The number of carboxylic acid groups (broad SMARTS) is 1. The lowest BCUT2D eigenvalue weighted by atomic mass is 9.71. The third-order valence-corrected chi connectivity index (χ3v) is 8.24. The fraction of sp³-hybridized carbons (Fsp3) is 0.387. The van der Waals surface area contributed by atoms with Gasteiger partial charge in [-0.2, -0.15) is 0 Å². The molecule has 0 spiro atoms. The summed E-state index contributed by atoms with van der Waals surface area (Å²) in [7, 11) is 0. The van der Waals surface area contributed by atoms with Gasteiger partial charge in [-0.25, -0.2) is 4.79 Å². The smallest absolute Gasteiger partial charge is 0.335 e. The molecule has 7 nitrogen and oxygen atoms in total. The Hall–Kier alpha value is -3.39. The summed E-state index contributed by atoms with van der Waals surface area (Å²) in [5.41, 5.74) is 5.49. The number of Topliss-reactive ketones (excluding diaryl/α,β-unsaturated/α-hetero) is 2. The number of rotatable bonds is 8. The van der Waals surface area contributed by atoms with Crippen LogP contribution in [0.4, 0.5) is 0 Å². The Labute approximate surface area is 236 Å². The van der Waals surface area contributed by atoms with Gasteiger partial charge in [-0.15, -0.1) is 0 Å². The van der Waals surface area contributed by atoms with Gasteiger partial charge >= 0.3 is 5.97 Å². The van der Waals surface area contributed by atoms with Crippen LogP contribution in [0.3, 0.4) is 0 Å². The largest absolute Gasteiger partial charge is 0.490 e. The van der Waals surface area contributed by atoms with Crippen molar-refractivity contribution in [2.24, 2.45) is 0 Å². The molecule has 0 saturated carbocycles. The van der Waals surface area contributed by atoms with Crippen molar-refractivity contribution in [1.82, 2.24) is 4.90 Å². The predicted octanol–water partition coefficient (Wildman–Crippen LogP) is 6.56. The molecule has 1 aliphatic heterocycles. The van der Waals surface area contributed by atoms with Gasteiger partial charge in [0.15, 0.2) is 23.1 Å². The minimum absolute atomic E-state index is 0.115. The first kappa shape index (κ1) is 27.2. The normalized spacial score (nSPS) is 17.8. The highest BCUT2D eigenvalue weighted by Crippen LogP contribution is 2.51. The summed E-state index contributed by atoms with van der Waals surface area (Å²) in [4.78, 5) is 40.2. The van der Waals surface area contributed by atoms with Gasteiger partial charge in [0, 0.05) is 47.8 Å². The van der Waals surface area contributed by atoms with E-state index < -0.39 is 11.9 Å². The molecule has 0 saturated heterocycles. The number of aromatic carboxylic acids is 1. The molecular weight excluding hydrogens is 562 g/mol. The summed E-state index contributed by atoms with van der Waals surface area (Å²) < 4.78 is 12.8. The van der Waals surface area contributed by atoms with Crippen LogP contribution in [0.15, 0.2) is 63.4 Å². The third-order valence-electron chi connectivity index (χ3n) is 7.65. The van der Waals surface area contributed by atoms with Crippen LogP contribution in [0.5, 0.6) is 11.5 Å². The van der Waals surface area contributed by atoms with Crippen LogP contribution in [0, 0.1) is 0 Å². The molecule has 2 aromatic rings. The molecule has 0 radical (unpaired) electrons. The van der Waals surface area contributed by atoms with Crippen LogP contribution in [0.25, 0.3) is 0 Å². The Morgan fingerprint density at radius 2 is 1.56 bits per heavy atom. The molecule has 1 heterocycles. The van der Waals surface area contributed by atoms with Gasteiger partial charge < -0.3 is 19.5 Å². The number of hydrogen-bond donors (Lipinski definition) is 1. The van der Waals surface area contributed by atoms with Crippen molar-refractivity contribution >= 4 is 33.5 Å². The average molecular weight is 595 g/mol. The van der Waals surface area contributed by atoms with E-state index in [2.05, 4.69) is 27.8 Å². The highest BCUT2D eigenvalue weighted by molar-refractivity contribution is 9.10. The Bertz CT molecular complexity index is 1350. The van der Waals surface area contributed by atoms with Crippen LogP contribution >= 0.6 is 15.9 Å². The maximum Gasteiger partial charge on any atom is 0.335 e. The maximum atomic E-state index is 13.4. The zero-order valence-electron chi connectivity index (χ0n) is 22.2. The Kier molecular flexibility index (Phi) is 7.93. The number of benzene rings is 2. The summed E-state index contributed by atoms with van der Waals surface area (Å²) in [6.45, 7) is 5.34. The molecule has 2 aliphatic carbocycles. The molecule has 0 amide bonds. The minimum atomic E-state index is -0.978. The lowest BCUT2D eigenvalue weighted by Crippen LogP contribution is -2.39. The van der Waals surface area contributed by atoms with Crippen molar-refractivity contribution < 1.29 is 29.0 Å². The van der Waals surface area contributed by atoms with E-state index in [9.17, 15) is 14.4 Å². The maximum absolute atomic E-state index is 13.4. The zero-order chi connectivity index (χ0) is 27.7. The van der Waals surface area contributed by atoms with Gasteiger partial charge in [0.2, 0.25) is 0 Å². The molecule has 0 atom stereocenters. The van der Waals surface area contributed by atoms with E-state index >= 15 is 0 Å². The molecular formula is C31H32BrNO6. The molecule has 0 aromatic heterocycles. The summed E-state index contributed by atoms with van der Waals surface area (Å²) in [5.74, 6) is -0.132. The Morgan fingerprint density at radius 1 is 0.949 bits per heavy atom. The standard InChI is InChI=1S/C31H32BrNO6/c1-3-33-22-7-5-9-24(34)28(22)27(29-23(33)8-6-10-25(29)35)20-15-21(32)30(26(16-20)38-4-2)39-17-18-11-13-19(14-12-18)31(36)37/h11-16,27H,3-10,17H2,1-2H3,(H,36,37). The Morgan fingerprint density at radius 3 is 2.10 bits per heavy atom. The number of carboxylic acids is 1. The van der Waals surface area contributed by atoms with Gasteiger partial charge in [-0.1, -0.05) is 12.1 Å². The van der Waals surface area contributed by atoms with Gasteiger partial charge in [0.25, 0.3) is 0 Å². The van der Waals surface area contributed by atoms with Crippen LogP contribution in [-0.4, -0.2) is 40.7 Å². The Balaban J connectivity index is 1.56. The molecule has 3 aliphatic rings. The van der Waals surface area contributed by atoms with Crippen molar-refractivity contribution in [2.45, 2.75) is 64.9 Å². The number of ketones is 2. The van der Waals surface area contributed by atoms with Crippen LogP contribution in [-0.2, 0) is 16.2 Å². The fourth-order valence-corrected chi connectivity index (χ4v) is 6.56. The molecule has 8 heteroatoms. The van der Waals surface area contributed by atoms with E-state index in [1.807, 2.05) is 19.1 Å². The predicted molar refractivity (Wildman–Crippen MR) is 150 cm³/mol. The van der Waals surface area contributed by atoms with Gasteiger partial charge in [-0.05, 0) is 90.9 Å². The van der Waals surface area contributed by atoms with Crippen LogP contribution in [0.1, 0.15) is 79.8 Å². The molecule has 0 bridgehead atoms. The molecule has 2 aromatic carbocycles. The molecule has 204 valence electrons. The van der Waals surface area contributed by atoms with E-state index in [0.717, 1.165) is 65.9 Å². The molecule has 0 fully saturated rings. The second-order valence-electron chi connectivity index (χ2n) is 10.0. The number of nitrogens with zero attached hydrogens (tertiary/aromatic N) is 1. The number of ether oxygens (including phenoxy) is 2. The summed E-state index contributed by atoms with van der Waals surface area (Å²) in [5, 5.41) is 9.15. The first-order chi connectivity index (χ1) is 18.8. The third kappa shape index (κ3) is 5.14. The van der Waals surface area contributed by atoms with Gasteiger partial charge in [0.1, 0.15) is 6.61 Å². The van der Waals surface area contributed by atoms with Crippen molar-refractivity contribution in [3.05, 3.63) is 80.1 Å². The van der Waals surface area contributed by atoms with E-state index in [-0.39, 0.29) is 23.7 Å². The number of carbonyl (C=O) groups excluding carboxylic acids is 2. The second-order valence-corrected chi connectivity index (χ2v) is 10.9. The van der Waals surface area contributed by atoms with Crippen molar-refractivity contribution in [1.29, 1.82) is 0 Å². The minimum Gasteiger partial charge on any atom is -0.490 e. The van der Waals surface area contributed by atoms with Crippen molar-refractivity contribution in [2.75, 3.05) is 13.2 Å². The SMILES string of the molecule is CCOc1cc(C2C3=C(CCCC3=O)N(CC)C3=C2C(=O)CCC3)cc(Br)c1OCc1ccc(C(=O)O)cc1. The molecule has 1 N–H and O–H groups in total. The van der Waals surface area contributed by atoms with Crippen molar-refractivity contribution in [3.63, 3.8) is 0 Å². The second kappa shape index (κ2) is 11.4.